The molecular weight excluding hydrogens is 169 g/mol. The summed E-state index contributed by atoms with van der Waals surface area (Å²) in [4.78, 5) is 0. The summed E-state index contributed by atoms with van der Waals surface area (Å²) in [6.07, 6.45) is 0. The van der Waals surface area contributed by atoms with Gasteiger partial charge in [0.15, 0.2) is 11.6 Å². The van der Waals surface area contributed by atoms with E-state index in [4.69, 9.17) is 10.5 Å². The zero-order valence-corrected chi connectivity index (χ0v) is 8.10. The Balaban J connectivity index is 3.24. The Kier molecular flexibility index (Phi) is 2.57. The first kappa shape index (κ1) is 9.99. The largest absolute Gasteiger partial charge is 0.494 e. The van der Waals surface area contributed by atoms with Gasteiger partial charge in [0, 0.05) is 11.1 Å². The van der Waals surface area contributed by atoms with E-state index in [1.807, 2.05) is 0 Å². The van der Waals surface area contributed by atoms with Crippen molar-refractivity contribution in [1.82, 2.24) is 0 Å². The van der Waals surface area contributed by atoms with Gasteiger partial charge in [0.25, 0.3) is 0 Å². The van der Waals surface area contributed by atoms with Gasteiger partial charge in [-0.05, 0) is 19.9 Å². The Morgan fingerprint density at radius 2 is 2.00 bits per heavy atom. The van der Waals surface area contributed by atoms with Gasteiger partial charge in [-0.25, -0.2) is 4.39 Å². The van der Waals surface area contributed by atoms with Crippen molar-refractivity contribution in [2.45, 2.75) is 19.4 Å². The summed E-state index contributed by atoms with van der Waals surface area (Å²) in [5, 5.41) is 0. The fourth-order valence-electron chi connectivity index (χ4n) is 1.17. The quantitative estimate of drug-likeness (QED) is 0.761. The van der Waals surface area contributed by atoms with E-state index in [0.29, 0.717) is 5.56 Å². The van der Waals surface area contributed by atoms with Crippen LogP contribution >= 0.6 is 0 Å². The highest BCUT2D eigenvalue weighted by molar-refractivity contribution is 5.34. The van der Waals surface area contributed by atoms with Crippen LogP contribution in [0, 0.1) is 5.82 Å². The summed E-state index contributed by atoms with van der Waals surface area (Å²) in [6, 6.07) is 4.97. The minimum absolute atomic E-state index is 0.232. The van der Waals surface area contributed by atoms with Crippen LogP contribution < -0.4 is 10.5 Å². The highest BCUT2D eigenvalue weighted by atomic mass is 19.1. The second kappa shape index (κ2) is 3.34. The van der Waals surface area contributed by atoms with Gasteiger partial charge in [-0.1, -0.05) is 12.1 Å². The van der Waals surface area contributed by atoms with Gasteiger partial charge in [0.1, 0.15) is 0 Å². The molecule has 0 aliphatic heterocycles. The minimum Gasteiger partial charge on any atom is -0.494 e. The van der Waals surface area contributed by atoms with Crippen LogP contribution in [0.1, 0.15) is 19.4 Å². The number of nitrogens with two attached hydrogens (primary N) is 1. The molecule has 0 heterocycles. The second-order valence-corrected chi connectivity index (χ2v) is 3.54. The summed E-state index contributed by atoms with van der Waals surface area (Å²) >= 11 is 0. The third-order valence-corrected chi connectivity index (χ3v) is 1.88. The maximum Gasteiger partial charge on any atom is 0.170 e. The molecule has 13 heavy (non-hydrogen) atoms. The van der Waals surface area contributed by atoms with E-state index in [1.54, 1.807) is 32.0 Å². The molecule has 72 valence electrons. The summed E-state index contributed by atoms with van der Waals surface area (Å²) < 4.78 is 18.4. The summed E-state index contributed by atoms with van der Waals surface area (Å²) in [7, 11) is 1.44. The fraction of sp³-hybridized carbons (Fsp3) is 0.400. The molecular formula is C10H14FNO. The number of halogens is 1. The van der Waals surface area contributed by atoms with E-state index in [2.05, 4.69) is 0 Å². The molecule has 0 radical (unpaired) electrons. The van der Waals surface area contributed by atoms with Crippen LogP contribution in [-0.2, 0) is 5.54 Å². The van der Waals surface area contributed by atoms with Crippen LogP contribution in [0.5, 0.6) is 5.75 Å². The predicted octanol–water partition coefficient (Wildman–Crippen LogP) is 2.03. The lowest BCUT2D eigenvalue weighted by molar-refractivity contribution is 0.377. The van der Waals surface area contributed by atoms with Gasteiger partial charge >= 0.3 is 0 Å². The molecule has 0 unspecified atom stereocenters. The third-order valence-electron chi connectivity index (χ3n) is 1.88. The summed E-state index contributed by atoms with van der Waals surface area (Å²) in [6.45, 7) is 3.51. The SMILES string of the molecule is COc1cccc(C(C)(C)N)c1F. The van der Waals surface area contributed by atoms with Crippen LogP contribution in [-0.4, -0.2) is 7.11 Å². The van der Waals surface area contributed by atoms with Crippen molar-refractivity contribution in [3.63, 3.8) is 0 Å². The Hall–Kier alpha value is -1.09. The zero-order chi connectivity index (χ0) is 10.1. The van der Waals surface area contributed by atoms with Crippen LogP contribution in [0.25, 0.3) is 0 Å². The van der Waals surface area contributed by atoms with Gasteiger partial charge in [-0.2, -0.15) is 0 Å². The fourth-order valence-corrected chi connectivity index (χ4v) is 1.17. The monoisotopic (exact) mass is 183 g/mol. The number of methoxy groups -OCH3 is 1. The van der Waals surface area contributed by atoms with Crippen LogP contribution in [0.4, 0.5) is 4.39 Å². The predicted molar refractivity (Wildman–Crippen MR) is 50.2 cm³/mol. The van der Waals surface area contributed by atoms with Gasteiger partial charge in [0.2, 0.25) is 0 Å². The number of ether oxygens (including phenoxy) is 1. The molecule has 0 fully saturated rings. The normalized spacial score (nSPS) is 11.5. The number of hydrogen-bond acceptors (Lipinski definition) is 2. The molecule has 1 aromatic rings. The lowest BCUT2D eigenvalue weighted by Gasteiger charge is -2.20. The Morgan fingerprint density at radius 3 is 2.46 bits per heavy atom. The van der Waals surface area contributed by atoms with E-state index in [0.717, 1.165) is 0 Å². The van der Waals surface area contributed by atoms with E-state index in [9.17, 15) is 4.39 Å². The van der Waals surface area contributed by atoms with Crippen LogP contribution in [0.2, 0.25) is 0 Å². The summed E-state index contributed by atoms with van der Waals surface area (Å²) in [5.41, 5.74) is 5.57. The molecule has 0 saturated carbocycles. The third kappa shape index (κ3) is 1.98. The zero-order valence-electron chi connectivity index (χ0n) is 8.10. The average molecular weight is 183 g/mol. The molecule has 1 rings (SSSR count). The molecule has 0 saturated heterocycles. The number of benzene rings is 1. The smallest absolute Gasteiger partial charge is 0.170 e. The van der Waals surface area contributed by atoms with E-state index in [-0.39, 0.29) is 11.6 Å². The van der Waals surface area contributed by atoms with Crippen LogP contribution in [0.3, 0.4) is 0 Å². The highest BCUT2D eigenvalue weighted by Crippen LogP contribution is 2.26. The maximum absolute atomic E-state index is 13.6. The Morgan fingerprint density at radius 1 is 1.38 bits per heavy atom. The van der Waals surface area contributed by atoms with Crippen molar-refractivity contribution in [2.75, 3.05) is 7.11 Å². The molecule has 0 aliphatic carbocycles. The highest BCUT2D eigenvalue weighted by Gasteiger charge is 2.20. The standard InChI is InChI=1S/C10H14FNO/c1-10(2,12)7-5-4-6-8(13-3)9(7)11/h4-6H,12H2,1-3H3. The number of hydrogen-bond donors (Lipinski definition) is 1. The van der Waals surface area contributed by atoms with Crippen molar-refractivity contribution in [3.8, 4) is 5.75 Å². The van der Waals surface area contributed by atoms with Gasteiger partial charge in [-0.3, -0.25) is 0 Å². The van der Waals surface area contributed by atoms with E-state index in [1.165, 1.54) is 7.11 Å². The molecule has 3 heteroatoms. The van der Waals surface area contributed by atoms with Gasteiger partial charge < -0.3 is 10.5 Å². The topological polar surface area (TPSA) is 35.2 Å². The van der Waals surface area contributed by atoms with Crippen molar-refractivity contribution in [2.24, 2.45) is 5.73 Å². The van der Waals surface area contributed by atoms with E-state index >= 15 is 0 Å². The second-order valence-electron chi connectivity index (χ2n) is 3.54. The van der Waals surface area contributed by atoms with E-state index < -0.39 is 5.54 Å². The molecule has 0 bridgehead atoms. The van der Waals surface area contributed by atoms with Crippen molar-refractivity contribution < 1.29 is 9.13 Å². The first-order chi connectivity index (χ1) is 5.96. The van der Waals surface area contributed by atoms with Crippen molar-refractivity contribution in [1.29, 1.82) is 0 Å². The first-order valence-electron chi connectivity index (χ1n) is 4.08. The minimum atomic E-state index is -0.682. The Labute approximate surface area is 77.5 Å². The number of rotatable bonds is 2. The average Bonchev–Trinajstić information content (AvgIpc) is 2.02. The van der Waals surface area contributed by atoms with Crippen LogP contribution in [0.15, 0.2) is 18.2 Å². The molecule has 0 atom stereocenters. The van der Waals surface area contributed by atoms with Crippen molar-refractivity contribution in [3.05, 3.63) is 29.6 Å². The molecule has 0 spiro atoms. The van der Waals surface area contributed by atoms with Gasteiger partial charge in [0.05, 0.1) is 7.11 Å². The van der Waals surface area contributed by atoms with Crippen molar-refractivity contribution >= 4 is 0 Å². The lowest BCUT2D eigenvalue weighted by Crippen LogP contribution is -2.29. The lowest BCUT2D eigenvalue weighted by atomic mass is 9.95. The molecule has 1 aromatic carbocycles. The maximum atomic E-state index is 13.6. The molecule has 2 nitrogen and oxygen atoms in total. The first-order valence-corrected chi connectivity index (χ1v) is 4.08. The summed E-state index contributed by atoms with van der Waals surface area (Å²) in [5.74, 6) is -0.145. The molecule has 0 aromatic heterocycles. The van der Waals surface area contributed by atoms with Gasteiger partial charge in [-0.15, -0.1) is 0 Å². The molecule has 0 amide bonds. The molecule has 0 aliphatic rings. The molecule has 2 N–H and O–H groups in total. The Bertz CT molecular complexity index is 304.